The predicted octanol–water partition coefficient (Wildman–Crippen LogP) is 4.63. The van der Waals surface area contributed by atoms with E-state index in [9.17, 15) is 18.4 Å². The SMILES string of the molecule is CC1CC2(NC(=O)c3ccc(F)cc3)CCC1(NC(=O)COc1ccc(Cl)c(F)c1)CC2. The Labute approximate surface area is 190 Å². The number of nitrogens with one attached hydrogen (secondary N) is 2. The van der Waals surface area contributed by atoms with E-state index in [0.717, 1.165) is 38.2 Å². The number of hydrogen-bond donors (Lipinski definition) is 2. The largest absolute Gasteiger partial charge is 0.484 e. The molecule has 5 nitrogen and oxygen atoms in total. The lowest BCUT2D eigenvalue weighted by Crippen LogP contribution is -2.67. The number of carbonyl (C=O) groups excluding carboxylic acids is 2. The van der Waals surface area contributed by atoms with E-state index < -0.39 is 5.82 Å². The summed E-state index contributed by atoms with van der Waals surface area (Å²) in [5.41, 5.74) is -0.247. The highest BCUT2D eigenvalue weighted by Crippen LogP contribution is 2.50. The Morgan fingerprint density at radius 1 is 1.06 bits per heavy atom. The molecule has 0 saturated heterocycles. The number of rotatable bonds is 6. The topological polar surface area (TPSA) is 67.4 Å². The average molecular weight is 463 g/mol. The third-order valence-corrected chi connectivity index (χ3v) is 7.18. The number of hydrogen-bond acceptors (Lipinski definition) is 3. The lowest BCUT2D eigenvalue weighted by molar-refractivity contribution is -0.128. The summed E-state index contributed by atoms with van der Waals surface area (Å²) >= 11 is 5.66. The van der Waals surface area contributed by atoms with Crippen molar-refractivity contribution in [2.24, 2.45) is 5.92 Å². The molecule has 2 aromatic carbocycles. The molecule has 170 valence electrons. The molecule has 3 aliphatic carbocycles. The van der Waals surface area contributed by atoms with Crippen LogP contribution in [0, 0.1) is 17.6 Å². The first-order valence-corrected chi connectivity index (χ1v) is 11.1. The minimum Gasteiger partial charge on any atom is -0.484 e. The average Bonchev–Trinajstić information content (AvgIpc) is 2.76. The molecule has 3 aliphatic rings. The van der Waals surface area contributed by atoms with Crippen LogP contribution in [-0.2, 0) is 4.79 Å². The van der Waals surface area contributed by atoms with Crippen molar-refractivity contribution in [3.05, 3.63) is 64.7 Å². The Bertz CT molecular complexity index is 1020. The molecule has 1 atom stereocenters. The normalized spacial score (nSPS) is 26.4. The third-order valence-electron chi connectivity index (χ3n) is 6.87. The van der Waals surface area contributed by atoms with Crippen LogP contribution < -0.4 is 15.4 Å². The van der Waals surface area contributed by atoms with Gasteiger partial charge in [0.05, 0.1) is 5.02 Å². The van der Waals surface area contributed by atoms with Crippen LogP contribution in [-0.4, -0.2) is 29.5 Å². The fraction of sp³-hybridized carbons (Fsp3) is 0.417. The highest BCUT2D eigenvalue weighted by molar-refractivity contribution is 6.30. The number of halogens is 3. The Hall–Kier alpha value is -2.67. The van der Waals surface area contributed by atoms with Gasteiger partial charge in [-0.2, -0.15) is 0 Å². The number of amides is 2. The van der Waals surface area contributed by atoms with Crippen molar-refractivity contribution in [1.29, 1.82) is 0 Å². The van der Waals surface area contributed by atoms with Crippen LogP contribution in [0.25, 0.3) is 0 Å². The molecule has 3 fully saturated rings. The first-order valence-electron chi connectivity index (χ1n) is 10.7. The fourth-order valence-electron chi connectivity index (χ4n) is 5.02. The highest BCUT2D eigenvalue weighted by Gasteiger charge is 2.54. The molecule has 3 saturated carbocycles. The van der Waals surface area contributed by atoms with Crippen LogP contribution in [0.2, 0.25) is 5.02 Å². The van der Waals surface area contributed by atoms with Crippen molar-refractivity contribution < 1.29 is 23.1 Å². The summed E-state index contributed by atoms with van der Waals surface area (Å²) < 4.78 is 32.1. The quantitative estimate of drug-likeness (QED) is 0.657. The van der Waals surface area contributed by atoms with Gasteiger partial charge in [-0.1, -0.05) is 18.5 Å². The maximum Gasteiger partial charge on any atom is 0.258 e. The molecule has 0 spiro atoms. The molecule has 0 radical (unpaired) electrons. The van der Waals surface area contributed by atoms with Gasteiger partial charge >= 0.3 is 0 Å². The van der Waals surface area contributed by atoms with Crippen molar-refractivity contribution in [1.82, 2.24) is 10.6 Å². The molecule has 8 heteroatoms. The van der Waals surface area contributed by atoms with E-state index in [0.29, 0.717) is 5.56 Å². The van der Waals surface area contributed by atoms with Crippen LogP contribution >= 0.6 is 11.6 Å². The van der Waals surface area contributed by atoms with Crippen LogP contribution in [0.4, 0.5) is 8.78 Å². The van der Waals surface area contributed by atoms with Crippen LogP contribution in [0.3, 0.4) is 0 Å². The van der Waals surface area contributed by atoms with E-state index in [1.807, 2.05) is 0 Å². The van der Waals surface area contributed by atoms with Crippen molar-refractivity contribution in [2.75, 3.05) is 6.61 Å². The van der Waals surface area contributed by atoms with Gasteiger partial charge in [0.2, 0.25) is 0 Å². The van der Waals surface area contributed by atoms with E-state index in [4.69, 9.17) is 16.3 Å². The van der Waals surface area contributed by atoms with Gasteiger partial charge in [0, 0.05) is 22.7 Å². The summed E-state index contributed by atoms with van der Waals surface area (Å²) in [7, 11) is 0. The van der Waals surface area contributed by atoms with Gasteiger partial charge in [-0.05, 0) is 74.4 Å². The number of benzene rings is 2. The minimum atomic E-state index is -0.602. The Morgan fingerprint density at radius 2 is 1.75 bits per heavy atom. The Kier molecular flexibility index (Phi) is 6.12. The fourth-order valence-corrected chi connectivity index (χ4v) is 5.14. The van der Waals surface area contributed by atoms with Gasteiger partial charge < -0.3 is 15.4 Å². The van der Waals surface area contributed by atoms with E-state index in [1.54, 1.807) is 0 Å². The van der Waals surface area contributed by atoms with E-state index in [2.05, 4.69) is 17.6 Å². The van der Waals surface area contributed by atoms with Gasteiger partial charge in [0.25, 0.3) is 11.8 Å². The predicted molar refractivity (Wildman–Crippen MR) is 117 cm³/mol. The van der Waals surface area contributed by atoms with Gasteiger partial charge in [0.15, 0.2) is 6.61 Å². The van der Waals surface area contributed by atoms with E-state index in [1.165, 1.54) is 36.4 Å². The third kappa shape index (κ3) is 4.58. The zero-order chi connectivity index (χ0) is 22.9. The molecule has 0 aromatic heterocycles. The molecule has 32 heavy (non-hydrogen) atoms. The molecule has 2 bridgehead atoms. The van der Waals surface area contributed by atoms with Crippen molar-refractivity contribution >= 4 is 23.4 Å². The molecule has 2 N–H and O–H groups in total. The molecule has 5 rings (SSSR count). The maximum atomic E-state index is 13.5. The van der Waals surface area contributed by atoms with Crippen LogP contribution in [0.5, 0.6) is 5.75 Å². The zero-order valence-corrected chi connectivity index (χ0v) is 18.5. The molecule has 0 heterocycles. The highest BCUT2D eigenvalue weighted by atomic mass is 35.5. The van der Waals surface area contributed by atoms with Gasteiger partial charge in [-0.3, -0.25) is 9.59 Å². The second-order valence-corrected chi connectivity index (χ2v) is 9.32. The van der Waals surface area contributed by atoms with Gasteiger partial charge in [-0.15, -0.1) is 0 Å². The molecule has 2 aromatic rings. The molecule has 1 unspecified atom stereocenters. The summed E-state index contributed by atoms with van der Waals surface area (Å²) in [5, 5.41) is 6.30. The number of carbonyl (C=O) groups is 2. The van der Waals surface area contributed by atoms with Gasteiger partial charge in [0.1, 0.15) is 17.4 Å². The standard InChI is InChI=1S/C24H25ClF2N2O3/c1-15-13-23(29-22(31)16-2-4-17(26)5-3-16)8-10-24(15,11-9-23)28-21(30)14-32-18-6-7-19(25)20(27)12-18/h2-7,12,15H,8-11,13-14H2,1H3,(H,28,30)(H,29,31). The van der Waals surface area contributed by atoms with Crippen molar-refractivity contribution in [3.8, 4) is 5.75 Å². The number of fused-ring (bicyclic) bond motifs is 3. The molecular weight excluding hydrogens is 438 g/mol. The van der Waals surface area contributed by atoms with Crippen molar-refractivity contribution in [2.45, 2.75) is 50.1 Å². The first kappa shape index (κ1) is 22.5. The lowest BCUT2D eigenvalue weighted by Gasteiger charge is -2.57. The zero-order valence-electron chi connectivity index (χ0n) is 17.7. The van der Waals surface area contributed by atoms with E-state index >= 15 is 0 Å². The smallest absolute Gasteiger partial charge is 0.258 e. The van der Waals surface area contributed by atoms with Crippen LogP contribution in [0.15, 0.2) is 42.5 Å². The monoisotopic (exact) mass is 462 g/mol. The summed E-state index contributed by atoms with van der Waals surface area (Å²) in [6, 6.07) is 9.55. The Balaban J connectivity index is 1.34. The van der Waals surface area contributed by atoms with Crippen LogP contribution in [0.1, 0.15) is 49.4 Å². The Morgan fingerprint density at radius 3 is 2.38 bits per heavy atom. The molecule has 2 amide bonds. The minimum absolute atomic E-state index is 0.00562. The number of ether oxygens (including phenoxy) is 1. The lowest BCUT2D eigenvalue weighted by atomic mass is 9.56. The molecular formula is C24H25ClF2N2O3. The maximum absolute atomic E-state index is 13.5. The summed E-state index contributed by atoms with van der Waals surface area (Å²) in [4.78, 5) is 25.3. The van der Waals surface area contributed by atoms with Crippen molar-refractivity contribution in [3.63, 3.8) is 0 Å². The van der Waals surface area contributed by atoms with E-state index in [-0.39, 0.29) is 52.0 Å². The second kappa shape index (κ2) is 8.70. The summed E-state index contributed by atoms with van der Waals surface area (Å²) in [5.74, 6) is -1.07. The summed E-state index contributed by atoms with van der Waals surface area (Å²) in [6.07, 6.45) is 3.70. The summed E-state index contributed by atoms with van der Waals surface area (Å²) in [6.45, 7) is 1.86. The second-order valence-electron chi connectivity index (χ2n) is 8.92. The van der Waals surface area contributed by atoms with Gasteiger partial charge in [-0.25, -0.2) is 8.78 Å². The first-order chi connectivity index (χ1) is 15.2. The molecule has 0 aliphatic heterocycles.